The Morgan fingerprint density at radius 2 is 2.15 bits per heavy atom. The lowest BCUT2D eigenvalue weighted by molar-refractivity contribution is 0.373. The molecule has 5 heteroatoms. The van der Waals surface area contributed by atoms with Crippen molar-refractivity contribution in [1.29, 1.82) is 0 Å². The number of nitrogens with one attached hydrogen (secondary N) is 1. The van der Waals surface area contributed by atoms with Gasteiger partial charge in [-0.25, -0.2) is 9.97 Å². The highest BCUT2D eigenvalue weighted by atomic mass is 32.1. The van der Waals surface area contributed by atoms with Crippen molar-refractivity contribution in [3.8, 4) is 11.3 Å². The number of nitrogens with zero attached hydrogens (tertiary/aromatic N) is 2. The Labute approximate surface area is 122 Å². The highest BCUT2D eigenvalue weighted by Crippen LogP contribution is 2.28. The van der Waals surface area contributed by atoms with Crippen LogP contribution in [0.2, 0.25) is 0 Å². The quantitative estimate of drug-likeness (QED) is 0.852. The van der Waals surface area contributed by atoms with Gasteiger partial charge < -0.3 is 5.32 Å². The first-order valence-corrected chi connectivity index (χ1v) is 8.01. The van der Waals surface area contributed by atoms with Crippen LogP contribution < -0.4 is 5.32 Å². The molecule has 0 saturated heterocycles. The molecule has 0 aromatic carbocycles. The predicted octanol–water partition coefficient (Wildman–Crippen LogP) is 4.34. The van der Waals surface area contributed by atoms with Crippen molar-refractivity contribution in [2.45, 2.75) is 32.1 Å². The van der Waals surface area contributed by atoms with E-state index in [-0.39, 0.29) is 0 Å². The van der Waals surface area contributed by atoms with Crippen LogP contribution in [-0.2, 0) is 0 Å². The minimum atomic E-state index is -0.461. The molecule has 3 rings (SSSR count). The summed E-state index contributed by atoms with van der Waals surface area (Å²) in [6, 6.07) is 3.44. The average molecular weight is 291 g/mol. The summed E-state index contributed by atoms with van der Waals surface area (Å²) in [7, 11) is 0. The van der Waals surface area contributed by atoms with E-state index in [1.807, 2.05) is 5.38 Å². The Morgan fingerprint density at radius 1 is 1.30 bits per heavy atom. The maximum absolute atomic E-state index is 13.6. The lowest BCUT2D eigenvalue weighted by Crippen LogP contribution is -2.16. The van der Waals surface area contributed by atoms with Gasteiger partial charge in [0.25, 0.3) is 0 Å². The van der Waals surface area contributed by atoms with Crippen molar-refractivity contribution in [2.24, 2.45) is 5.92 Å². The molecule has 1 N–H and O–H groups in total. The third kappa shape index (κ3) is 3.15. The maximum atomic E-state index is 13.6. The number of thiazole rings is 1. The van der Waals surface area contributed by atoms with E-state index in [2.05, 4.69) is 15.3 Å². The van der Waals surface area contributed by atoms with Gasteiger partial charge in [-0.05, 0) is 30.9 Å². The average Bonchev–Trinajstić information content (AvgIpc) is 2.95. The molecule has 0 bridgehead atoms. The van der Waals surface area contributed by atoms with Crippen molar-refractivity contribution < 1.29 is 4.39 Å². The number of hydrogen-bond donors (Lipinski definition) is 1. The fourth-order valence-electron chi connectivity index (χ4n) is 2.68. The summed E-state index contributed by atoms with van der Waals surface area (Å²) in [6.07, 6.45) is 8.13. The second kappa shape index (κ2) is 6.31. The summed E-state index contributed by atoms with van der Waals surface area (Å²) < 4.78 is 13.6. The van der Waals surface area contributed by atoms with Crippen molar-refractivity contribution in [3.05, 3.63) is 29.7 Å². The smallest absolute Gasteiger partial charge is 0.222 e. The number of aromatic nitrogens is 2. The molecule has 0 amide bonds. The second-order valence-corrected chi connectivity index (χ2v) is 6.12. The van der Waals surface area contributed by atoms with Crippen LogP contribution in [0, 0.1) is 11.9 Å². The second-order valence-electron chi connectivity index (χ2n) is 5.26. The van der Waals surface area contributed by atoms with Crippen LogP contribution in [0.4, 0.5) is 9.52 Å². The van der Waals surface area contributed by atoms with Crippen LogP contribution in [0.1, 0.15) is 32.1 Å². The van der Waals surface area contributed by atoms with Crippen LogP contribution in [0.15, 0.2) is 23.7 Å². The summed E-state index contributed by atoms with van der Waals surface area (Å²) in [4.78, 5) is 8.11. The first-order chi connectivity index (χ1) is 9.83. The standard InChI is InChI=1S/C15H18FN3S/c16-14-12(7-4-8-17-14)13-10-20-15(19-13)18-9-11-5-2-1-3-6-11/h4,7-8,10-11H,1-3,5-6,9H2,(H,18,19). The van der Waals surface area contributed by atoms with E-state index in [1.165, 1.54) is 49.6 Å². The zero-order valence-corrected chi connectivity index (χ0v) is 12.1. The van der Waals surface area contributed by atoms with Crippen molar-refractivity contribution in [3.63, 3.8) is 0 Å². The molecule has 1 aliphatic rings. The van der Waals surface area contributed by atoms with Crippen LogP contribution in [-0.4, -0.2) is 16.5 Å². The molecule has 0 aliphatic heterocycles. The minimum absolute atomic E-state index is 0.461. The monoisotopic (exact) mass is 291 g/mol. The number of halogens is 1. The summed E-state index contributed by atoms with van der Waals surface area (Å²) in [6.45, 7) is 0.975. The Hall–Kier alpha value is -1.49. The molecule has 1 aliphatic carbocycles. The van der Waals surface area contributed by atoms with E-state index in [1.54, 1.807) is 12.1 Å². The molecule has 0 unspecified atom stereocenters. The predicted molar refractivity (Wildman–Crippen MR) is 80.4 cm³/mol. The van der Waals surface area contributed by atoms with Crippen molar-refractivity contribution >= 4 is 16.5 Å². The highest BCUT2D eigenvalue weighted by Gasteiger charge is 2.14. The van der Waals surface area contributed by atoms with Gasteiger partial charge in [0.05, 0.1) is 11.3 Å². The lowest BCUT2D eigenvalue weighted by atomic mass is 9.89. The van der Waals surface area contributed by atoms with E-state index in [4.69, 9.17) is 0 Å². The largest absolute Gasteiger partial charge is 0.361 e. The Balaban J connectivity index is 1.63. The molecule has 2 aromatic rings. The topological polar surface area (TPSA) is 37.8 Å². The van der Waals surface area contributed by atoms with Gasteiger partial charge in [-0.3, -0.25) is 0 Å². The van der Waals surface area contributed by atoms with E-state index in [0.717, 1.165) is 17.6 Å². The van der Waals surface area contributed by atoms with E-state index in [0.29, 0.717) is 11.3 Å². The van der Waals surface area contributed by atoms with Gasteiger partial charge in [0.2, 0.25) is 5.95 Å². The molecule has 1 saturated carbocycles. The molecule has 0 radical (unpaired) electrons. The van der Waals surface area contributed by atoms with Crippen LogP contribution in [0.25, 0.3) is 11.3 Å². The molecule has 106 valence electrons. The molecule has 1 fully saturated rings. The lowest BCUT2D eigenvalue weighted by Gasteiger charge is -2.21. The third-order valence-corrected chi connectivity index (χ3v) is 4.61. The number of pyridine rings is 1. The van der Waals surface area contributed by atoms with Crippen molar-refractivity contribution in [1.82, 2.24) is 9.97 Å². The normalized spacial score (nSPS) is 16.2. The summed E-state index contributed by atoms with van der Waals surface area (Å²) >= 11 is 1.52. The molecule has 0 spiro atoms. The van der Waals surface area contributed by atoms with Gasteiger partial charge in [0.1, 0.15) is 0 Å². The van der Waals surface area contributed by atoms with Gasteiger partial charge in [-0.2, -0.15) is 4.39 Å². The Morgan fingerprint density at radius 3 is 2.95 bits per heavy atom. The van der Waals surface area contributed by atoms with Gasteiger partial charge in [-0.1, -0.05) is 19.3 Å². The van der Waals surface area contributed by atoms with E-state index >= 15 is 0 Å². The first-order valence-electron chi connectivity index (χ1n) is 7.13. The maximum Gasteiger partial charge on any atom is 0.222 e. The Kier molecular flexibility index (Phi) is 4.25. The Bertz CT molecular complexity index is 564. The third-order valence-electron chi connectivity index (χ3n) is 3.81. The van der Waals surface area contributed by atoms with Gasteiger partial charge >= 0.3 is 0 Å². The molecular weight excluding hydrogens is 273 g/mol. The molecular formula is C15H18FN3S. The zero-order chi connectivity index (χ0) is 13.8. The molecule has 2 aromatic heterocycles. The van der Waals surface area contributed by atoms with Crippen molar-refractivity contribution in [2.75, 3.05) is 11.9 Å². The van der Waals surface area contributed by atoms with Crippen LogP contribution in [0.5, 0.6) is 0 Å². The minimum Gasteiger partial charge on any atom is -0.361 e. The van der Waals surface area contributed by atoms with Gasteiger partial charge in [-0.15, -0.1) is 11.3 Å². The SMILES string of the molecule is Fc1ncccc1-c1csc(NCC2CCCCC2)n1. The number of anilines is 1. The van der Waals surface area contributed by atoms with E-state index in [9.17, 15) is 4.39 Å². The fraction of sp³-hybridized carbons (Fsp3) is 0.467. The summed E-state index contributed by atoms with van der Waals surface area (Å²) in [5.41, 5.74) is 1.13. The first kappa shape index (κ1) is 13.5. The molecule has 0 atom stereocenters. The van der Waals surface area contributed by atoms with Crippen LogP contribution in [0.3, 0.4) is 0 Å². The fourth-order valence-corrected chi connectivity index (χ4v) is 3.40. The molecule has 3 nitrogen and oxygen atoms in total. The van der Waals surface area contributed by atoms with Crippen LogP contribution >= 0.6 is 11.3 Å². The summed E-state index contributed by atoms with van der Waals surface area (Å²) in [5, 5.41) is 6.14. The van der Waals surface area contributed by atoms with Gasteiger partial charge in [0.15, 0.2) is 5.13 Å². The number of hydrogen-bond acceptors (Lipinski definition) is 4. The molecule has 2 heterocycles. The highest BCUT2D eigenvalue weighted by molar-refractivity contribution is 7.14. The number of rotatable bonds is 4. The van der Waals surface area contributed by atoms with Gasteiger partial charge in [0, 0.05) is 18.1 Å². The molecule has 20 heavy (non-hydrogen) atoms. The van der Waals surface area contributed by atoms with E-state index < -0.39 is 5.95 Å². The summed E-state index contributed by atoms with van der Waals surface area (Å²) in [5.74, 6) is 0.294. The zero-order valence-electron chi connectivity index (χ0n) is 11.3.